The van der Waals surface area contributed by atoms with Gasteiger partial charge in [0.2, 0.25) is 0 Å². The van der Waals surface area contributed by atoms with E-state index in [9.17, 15) is 8.78 Å². The van der Waals surface area contributed by atoms with Gasteiger partial charge in [0, 0.05) is 32.5 Å². The number of benzene rings is 1. The summed E-state index contributed by atoms with van der Waals surface area (Å²) in [5, 5.41) is 0.235. The van der Waals surface area contributed by atoms with Crippen LogP contribution in [0.3, 0.4) is 0 Å². The fraction of sp³-hybridized carbons (Fsp3) is 0.353. The third kappa shape index (κ3) is 3.77. The summed E-state index contributed by atoms with van der Waals surface area (Å²) in [7, 11) is 0. The van der Waals surface area contributed by atoms with Gasteiger partial charge in [0.1, 0.15) is 18.0 Å². The first-order valence-corrected chi connectivity index (χ1v) is 8.58. The van der Waals surface area contributed by atoms with E-state index in [1.165, 1.54) is 0 Å². The van der Waals surface area contributed by atoms with E-state index in [1.807, 2.05) is 0 Å². The van der Waals surface area contributed by atoms with E-state index < -0.39 is 62.1 Å². The largest absolute Gasteiger partial charge is 0.365 e. The van der Waals surface area contributed by atoms with Crippen molar-refractivity contribution in [2.45, 2.75) is 25.3 Å². The van der Waals surface area contributed by atoms with Gasteiger partial charge in [0.15, 0.2) is 23.3 Å². The Morgan fingerprint density at radius 1 is 1.42 bits per heavy atom. The molecule has 1 N–H and O–H groups in total. The molecule has 1 fully saturated rings. The van der Waals surface area contributed by atoms with Crippen molar-refractivity contribution >= 4 is 39.1 Å². The molecule has 2 aromatic heterocycles. The van der Waals surface area contributed by atoms with Crippen molar-refractivity contribution in [2.75, 3.05) is 18.4 Å². The Kier molecular flexibility index (Phi) is 2.96. The zero-order chi connectivity index (χ0) is 25.2. The molecule has 0 bridgehead atoms. The second-order valence-electron chi connectivity index (χ2n) is 5.29. The average molecular weight is 404 g/mol. The van der Waals surface area contributed by atoms with E-state index in [-0.39, 0.29) is 25.7 Å². The zero-order valence-corrected chi connectivity index (χ0v) is 14.6. The molecule has 136 valence electrons. The summed E-state index contributed by atoms with van der Waals surface area (Å²) in [6.45, 7) is -2.83. The third-order valence-electron chi connectivity index (χ3n) is 3.49. The number of anilines is 1. The Hall–Kier alpha value is -1.90. The van der Waals surface area contributed by atoms with Gasteiger partial charge >= 0.3 is 0 Å². The van der Waals surface area contributed by atoms with Crippen molar-refractivity contribution in [3.8, 4) is 0 Å². The maximum atomic E-state index is 13.7. The molecule has 3 heterocycles. The maximum absolute atomic E-state index is 13.7. The van der Waals surface area contributed by atoms with Gasteiger partial charge in [0.05, 0.1) is 1.37 Å². The molecule has 0 radical (unpaired) electrons. The minimum atomic E-state index is -2.91. The highest BCUT2D eigenvalue weighted by Crippen LogP contribution is 2.28. The van der Waals surface area contributed by atoms with Crippen molar-refractivity contribution in [3.63, 3.8) is 0 Å². The predicted octanol–water partition coefficient (Wildman–Crippen LogP) is 4.09. The van der Waals surface area contributed by atoms with Crippen LogP contribution in [0.25, 0.3) is 10.3 Å². The van der Waals surface area contributed by atoms with Crippen LogP contribution in [0.4, 0.5) is 14.6 Å². The minimum Gasteiger partial charge on any atom is -0.365 e. The molecule has 0 spiro atoms. The SMILES string of the molecule is [2H]c1nc(N([2H])C2([2H])C([2H])([2H])CN(C([2H])c3ccc(F)c(F)c3)CC2([2H])[2H])c2nc(Cl)sc2n1. The van der Waals surface area contributed by atoms with Crippen LogP contribution in [0.1, 0.15) is 27.9 Å². The lowest BCUT2D eigenvalue weighted by atomic mass is 10.0. The molecule has 5 nitrogen and oxygen atoms in total. The molecule has 26 heavy (non-hydrogen) atoms. The molecule has 0 saturated carbocycles. The number of aromatic nitrogens is 3. The zero-order valence-electron chi connectivity index (χ0n) is 21.0. The summed E-state index contributed by atoms with van der Waals surface area (Å²) in [4.78, 5) is 12.8. The van der Waals surface area contributed by atoms with Crippen LogP contribution >= 0.6 is 22.9 Å². The van der Waals surface area contributed by atoms with Gasteiger partial charge in [-0.1, -0.05) is 29.0 Å². The summed E-state index contributed by atoms with van der Waals surface area (Å²) in [6.07, 6.45) is -6.12. The molecular weight excluding hydrogens is 380 g/mol. The average Bonchev–Trinajstić information content (AvgIpc) is 3.11. The lowest BCUT2D eigenvalue weighted by Gasteiger charge is -2.32. The van der Waals surface area contributed by atoms with Crippen molar-refractivity contribution in [2.24, 2.45) is 0 Å². The van der Waals surface area contributed by atoms with Gasteiger partial charge in [-0.15, -0.1) is 0 Å². The Morgan fingerprint density at radius 2 is 2.23 bits per heavy atom. The van der Waals surface area contributed by atoms with E-state index in [0.29, 0.717) is 0 Å². The second kappa shape index (κ2) is 7.38. The van der Waals surface area contributed by atoms with Crippen molar-refractivity contribution < 1.29 is 19.8 Å². The van der Waals surface area contributed by atoms with Gasteiger partial charge in [-0.3, -0.25) is 4.90 Å². The van der Waals surface area contributed by atoms with E-state index in [4.69, 9.17) is 22.6 Å². The molecule has 1 aliphatic heterocycles. The highest BCUT2D eigenvalue weighted by molar-refractivity contribution is 7.21. The summed E-state index contributed by atoms with van der Waals surface area (Å²) in [5.74, 6) is -2.79. The topological polar surface area (TPSA) is 53.9 Å². The molecule has 9 heteroatoms. The van der Waals surface area contributed by atoms with Crippen LogP contribution in [0.5, 0.6) is 0 Å². The number of rotatable bonds is 4. The highest BCUT2D eigenvalue weighted by atomic mass is 35.5. The Bertz CT molecular complexity index is 1250. The van der Waals surface area contributed by atoms with Crippen molar-refractivity contribution in [1.29, 1.82) is 0 Å². The molecule has 1 unspecified atom stereocenters. The Labute approximate surface area is 169 Å². The number of nitrogens with one attached hydrogen (secondary N) is 1. The van der Waals surface area contributed by atoms with Gasteiger partial charge in [0.25, 0.3) is 0 Å². The highest BCUT2D eigenvalue weighted by Gasteiger charge is 2.21. The molecule has 0 amide bonds. The van der Waals surface area contributed by atoms with Crippen LogP contribution in [0.15, 0.2) is 24.5 Å². The minimum absolute atomic E-state index is 0.00741. The summed E-state index contributed by atoms with van der Waals surface area (Å²) >= 11 is 6.79. The molecular formula is C17H16ClF2N5S. The Morgan fingerprint density at radius 3 is 3.00 bits per heavy atom. The molecule has 1 saturated heterocycles. The molecule has 1 aliphatic rings. The second-order valence-corrected chi connectivity index (χ2v) is 6.85. The van der Waals surface area contributed by atoms with Crippen molar-refractivity contribution in [3.05, 3.63) is 46.2 Å². The predicted molar refractivity (Wildman–Crippen MR) is 98.5 cm³/mol. The molecule has 3 aromatic rings. The molecule has 0 aliphatic carbocycles. The van der Waals surface area contributed by atoms with Crippen LogP contribution < -0.4 is 5.31 Å². The first-order chi connectivity index (χ1) is 15.7. The van der Waals surface area contributed by atoms with E-state index in [1.54, 1.807) is 0 Å². The lowest BCUT2D eigenvalue weighted by Crippen LogP contribution is -2.38. The van der Waals surface area contributed by atoms with Gasteiger partial charge < -0.3 is 5.31 Å². The van der Waals surface area contributed by atoms with E-state index in [2.05, 4.69) is 15.0 Å². The van der Waals surface area contributed by atoms with Gasteiger partial charge in [-0.05, 0) is 30.4 Å². The number of thiazole rings is 1. The molecule has 4 rings (SSSR count). The number of nitrogens with zero attached hydrogens (tertiary/aromatic N) is 4. The van der Waals surface area contributed by atoms with Crippen LogP contribution in [-0.4, -0.2) is 39.0 Å². The van der Waals surface area contributed by atoms with Crippen LogP contribution in [0.2, 0.25) is 5.88 Å². The van der Waals surface area contributed by atoms with Crippen molar-refractivity contribution in [1.82, 2.24) is 19.9 Å². The quantitative estimate of drug-likeness (QED) is 0.710. The lowest BCUT2D eigenvalue weighted by molar-refractivity contribution is 0.211. The monoisotopic (exact) mass is 403 g/mol. The summed E-state index contributed by atoms with van der Waals surface area (Å²) < 4.78 is 94.6. The normalized spacial score (nSPS) is 27.0. The van der Waals surface area contributed by atoms with Gasteiger partial charge in [-0.25, -0.2) is 23.7 Å². The summed E-state index contributed by atoms with van der Waals surface area (Å²) in [6, 6.07) is -0.178. The number of hydrogen-bond donors (Lipinski definition) is 1. The first kappa shape index (κ1) is 10.4. The van der Waals surface area contributed by atoms with E-state index >= 15 is 0 Å². The number of halogens is 3. The number of piperidine rings is 1. The molecule has 1 aromatic carbocycles. The summed E-state index contributed by atoms with van der Waals surface area (Å²) in [5.41, 5.74) is -0.110. The smallest absolute Gasteiger partial charge is 0.186 e. The first-order valence-electron chi connectivity index (χ1n) is 11.4. The third-order valence-corrected chi connectivity index (χ3v) is 4.55. The maximum Gasteiger partial charge on any atom is 0.186 e. The fourth-order valence-corrected chi connectivity index (χ4v) is 3.23. The standard InChI is InChI=1S/C17H16ClF2N5S/c18-17-24-14-15(21-9-22-16(14)26-17)23-11-3-5-25(6-4-11)8-10-1-2-12(19)13(20)7-10/h1-2,7,9,11H,3-6,8H2,(H,21,22,23)/i3D2,4D2,8D,9D,11D/hD. The fourth-order valence-electron chi connectivity index (χ4n) is 2.31. The number of fused-ring (bicyclic) bond motifs is 1. The number of likely N-dealkylation sites (tertiary alicyclic amines) is 1. The van der Waals surface area contributed by atoms with Crippen LogP contribution in [0, 0.1) is 11.6 Å². The number of hydrogen-bond acceptors (Lipinski definition) is 6. The molecule has 1 atom stereocenters. The Balaban J connectivity index is 1.74. The van der Waals surface area contributed by atoms with E-state index in [0.717, 1.165) is 34.4 Å². The van der Waals surface area contributed by atoms with Gasteiger partial charge in [-0.2, -0.15) is 0 Å². The van der Waals surface area contributed by atoms with Crippen LogP contribution in [-0.2, 0) is 6.52 Å².